The molecule has 2 aromatic carbocycles. The van der Waals surface area contributed by atoms with E-state index in [2.05, 4.69) is 10.3 Å². The van der Waals surface area contributed by atoms with Crippen LogP contribution in [-0.4, -0.2) is 47.4 Å². The van der Waals surface area contributed by atoms with Crippen molar-refractivity contribution in [1.82, 2.24) is 5.32 Å². The van der Waals surface area contributed by atoms with Gasteiger partial charge >= 0.3 is 11.7 Å². The van der Waals surface area contributed by atoms with Gasteiger partial charge in [-0.05, 0) is 54.6 Å². The highest BCUT2D eigenvalue weighted by Gasteiger charge is 2.24. The van der Waals surface area contributed by atoms with E-state index in [-0.39, 0.29) is 33.9 Å². The Hall–Kier alpha value is -4.06. The molecule has 0 radical (unpaired) electrons. The van der Waals surface area contributed by atoms with E-state index >= 15 is 0 Å². The van der Waals surface area contributed by atoms with Gasteiger partial charge in [0.2, 0.25) is 0 Å². The molecule has 0 saturated carbocycles. The molecule has 0 unspecified atom stereocenters. The van der Waals surface area contributed by atoms with Crippen LogP contribution in [-0.2, 0) is 9.59 Å². The summed E-state index contributed by atoms with van der Waals surface area (Å²) in [5.41, 5.74) is 0.670. The number of aliphatic imine (C=N–C) groups is 1. The van der Waals surface area contributed by atoms with Crippen LogP contribution in [0.4, 0.5) is 11.4 Å². The second-order valence-electron chi connectivity index (χ2n) is 6.42. The van der Waals surface area contributed by atoms with Crippen LogP contribution in [0.25, 0.3) is 6.08 Å². The molecule has 1 heterocycles. The van der Waals surface area contributed by atoms with Crippen molar-refractivity contribution in [3.63, 3.8) is 0 Å². The highest BCUT2D eigenvalue weighted by molar-refractivity contribution is 8.18. The van der Waals surface area contributed by atoms with Crippen LogP contribution in [0, 0.1) is 10.1 Å². The number of hydrogen-bond acceptors (Lipinski definition) is 9. The standard InChI is InChI=1S/C21H19N3O8S/c1-3-31-17-8-12(4-6-16(17)32-11-19(25)26)9-18-20(27)23-21(33-18)22-13-5-7-15(30-2)14(10-13)24(28)29/h4-10H,3,11H2,1-2H3,(H,25,26)(H,22,23,27)/b18-9-. The summed E-state index contributed by atoms with van der Waals surface area (Å²) in [7, 11) is 1.33. The molecule has 3 rings (SSSR count). The Bertz CT molecular complexity index is 1160. The number of benzene rings is 2. The van der Waals surface area contributed by atoms with Crippen LogP contribution in [0.3, 0.4) is 0 Å². The number of aliphatic carboxylic acids is 1. The molecule has 2 N–H and O–H groups in total. The number of carboxylic acids is 1. The molecule has 1 fully saturated rings. The number of rotatable bonds is 9. The predicted octanol–water partition coefficient (Wildman–Crippen LogP) is 3.36. The van der Waals surface area contributed by atoms with Crippen molar-refractivity contribution >= 4 is 46.3 Å². The summed E-state index contributed by atoms with van der Waals surface area (Å²) in [4.78, 5) is 38.4. The quantitative estimate of drug-likeness (QED) is 0.317. The summed E-state index contributed by atoms with van der Waals surface area (Å²) in [6.45, 7) is 1.60. The summed E-state index contributed by atoms with van der Waals surface area (Å²) in [6.07, 6.45) is 1.61. The largest absolute Gasteiger partial charge is 0.490 e. The lowest BCUT2D eigenvalue weighted by Crippen LogP contribution is -2.19. The summed E-state index contributed by atoms with van der Waals surface area (Å²) in [6, 6.07) is 9.07. The molecule has 11 nitrogen and oxygen atoms in total. The van der Waals surface area contributed by atoms with Gasteiger partial charge in [-0.3, -0.25) is 14.9 Å². The minimum atomic E-state index is -1.11. The maximum Gasteiger partial charge on any atom is 0.341 e. The van der Waals surface area contributed by atoms with Gasteiger partial charge in [0.25, 0.3) is 5.91 Å². The second-order valence-corrected chi connectivity index (χ2v) is 7.45. The molecular formula is C21H19N3O8S. The monoisotopic (exact) mass is 473 g/mol. The topological polar surface area (TPSA) is 150 Å². The first-order valence-corrected chi connectivity index (χ1v) is 10.4. The number of amides is 1. The SMILES string of the molecule is CCOc1cc(/C=C2\SC(=Nc3ccc(OC)c([N+](=O)[O-])c3)NC2=O)ccc1OCC(=O)O. The maximum absolute atomic E-state index is 12.4. The fraction of sp³-hybridized carbons (Fsp3) is 0.190. The molecule has 1 amide bonds. The van der Waals surface area contributed by atoms with Crippen molar-refractivity contribution in [3.8, 4) is 17.2 Å². The van der Waals surface area contributed by atoms with Gasteiger partial charge in [0.1, 0.15) is 0 Å². The molecule has 2 aromatic rings. The van der Waals surface area contributed by atoms with E-state index in [1.54, 1.807) is 31.2 Å². The van der Waals surface area contributed by atoms with Crippen molar-refractivity contribution in [2.24, 2.45) is 4.99 Å². The lowest BCUT2D eigenvalue weighted by atomic mass is 10.2. The van der Waals surface area contributed by atoms with Crippen molar-refractivity contribution in [2.45, 2.75) is 6.92 Å². The minimum Gasteiger partial charge on any atom is -0.490 e. The molecule has 0 atom stereocenters. The number of nitrogens with one attached hydrogen (secondary N) is 1. The van der Waals surface area contributed by atoms with Gasteiger partial charge in [0.05, 0.1) is 29.2 Å². The molecule has 0 aliphatic carbocycles. The van der Waals surface area contributed by atoms with Crippen LogP contribution in [0.15, 0.2) is 46.3 Å². The molecule has 1 saturated heterocycles. The first kappa shape index (κ1) is 23.6. The number of carbonyl (C=O) groups is 2. The van der Waals surface area contributed by atoms with Gasteiger partial charge in [-0.25, -0.2) is 9.79 Å². The Morgan fingerprint density at radius 2 is 1.97 bits per heavy atom. The molecule has 12 heteroatoms. The lowest BCUT2D eigenvalue weighted by molar-refractivity contribution is -0.385. The van der Waals surface area contributed by atoms with Gasteiger partial charge in [-0.15, -0.1) is 0 Å². The van der Waals surface area contributed by atoms with Crippen molar-refractivity contribution in [3.05, 3.63) is 57.0 Å². The highest BCUT2D eigenvalue weighted by Crippen LogP contribution is 2.34. The van der Waals surface area contributed by atoms with Gasteiger partial charge in [0, 0.05) is 6.07 Å². The molecule has 33 heavy (non-hydrogen) atoms. The molecule has 0 aromatic heterocycles. The number of hydrogen-bond donors (Lipinski definition) is 2. The number of nitro groups is 1. The first-order valence-electron chi connectivity index (χ1n) is 9.54. The number of carboxylic acid groups (broad SMARTS) is 1. The third-order valence-electron chi connectivity index (χ3n) is 4.16. The van der Waals surface area contributed by atoms with Gasteiger partial charge < -0.3 is 24.6 Å². The Balaban J connectivity index is 1.83. The Kier molecular flexibility index (Phi) is 7.51. The lowest BCUT2D eigenvalue weighted by Gasteiger charge is -2.11. The predicted molar refractivity (Wildman–Crippen MR) is 121 cm³/mol. The number of methoxy groups -OCH3 is 1. The van der Waals surface area contributed by atoms with E-state index < -0.39 is 17.5 Å². The molecule has 0 bridgehead atoms. The van der Waals surface area contributed by atoms with Crippen LogP contribution in [0.2, 0.25) is 0 Å². The number of ether oxygens (including phenoxy) is 3. The van der Waals surface area contributed by atoms with Crippen LogP contribution in [0.1, 0.15) is 12.5 Å². The summed E-state index contributed by atoms with van der Waals surface area (Å²) >= 11 is 1.07. The molecular weight excluding hydrogens is 454 g/mol. The van der Waals surface area contributed by atoms with Gasteiger partial charge in [0.15, 0.2) is 29.0 Å². The van der Waals surface area contributed by atoms with Gasteiger partial charge in [-0.1, -0.05) is 6.07 Å². The molecule has 0 spiro atoms. The summed E-state index contributed by atoms with van der Waals surface area (Å²) in [5, 5.41) is 22.9. The number of carbonyl (C=O) groups excluding carboxylic acids is 1. The van der Waals surface area contributed by atoms with Crippen molar-refractivity contribution in [1.29, 1.82) is 0 Å². The Labute approximate surface area is 192 Å². The van der Waals surface area contributed by atoms with E-state index in [1.807, 2.05) is 0 Å². The molecule has 1 aliphatic rings. The third kappa shape index (κ3) is 6.01. The van der Waals surface area contributed by atoms with Gasteiger partial charge in [-0.2, -0.15) is 0 Å². The zero-order chi connectivity index (χ0) is 24.0. The van der Waals surface area contributed by atoms with E-state index in [1.165, 1.54) is 25.3 Å². The third-order valence-corrected chi connectivity index (χ3v) is 5.07. The number of nitro benzene ring substituents is 1. The smallest absolute Gasteiger partial charge is 0.341 e. The van der Waals surface area contributed by atoms with Crippen LogP contribution in [0.5, 0.6) is 17.2 Å². The van der Waals surface area contributed by atoms with Crippen LogP contribution < -0.4 is 19.5 Å². The van der Waals surface area contributed by atoms with E-state index in [0.29, 0.717) is 22.8 Å². The maximum atomic E-state index is 12.4. The fourth-order valence-electron chi connectivity index (χ4n) is 2.78. The van der Waals surface area contributed by atoms with Crippen LogP contribution >= 0.6 is 11.8 Å². The van der Waals surface area contributed by atoms with E-state index in [0.717, 1.165) is 11.8 Å². The summed E-state index contributed by atoms with van der Waals surface area (Å²) < 4.78 is 15.7. The number of nitrogens with zero attached hydrogens (tertiary/aromatic N) is 2. The normalized spacial score (nSPS) is 15.4. The fourth-order valence-corrected chi connectivity index (χ4v) is 3.62. The van der Waals surface area contributed by atoms with E-state index in [9.17, 15) is 19.7 Å². The second kappa shape index (κ2) is 10.5. The minimum absolute atomic E-state index is 0.105. The number of amidine groups is 1. The zero-order valence-electron chi connectivity index (χ0n) is 17.6. The first-order chi connectivity index (χ1) is 15.8. The molecule has 172 valence electrons. The number of thioether (sulfide) groups is 1. The molecule has 1 aliphatic heterocycles. The van der Waals surface area contributed by atoms with Crippen molar-refractivity contribution < 1.29 is 33.8 Å². The Morgan fingerprint density at radius 3 is 2.64 bits per heavy atom. The van der Waals surface area contributed by atoms with Crippen molar-refractivity contribution in [2.75, 3.05) is 20.3 Å². The average Bonchev–Trinajstić information content (AvgIpc) is 3.11. The highest BCUT2D eigenvalue weighted by atomic mass is 32.2. The zero-order valence-corrected chi connectivity index (χ0v) is 18.4. The van der Waals surface area contributed by atoms with E-state index in [4.69, 9.17) is 19.3 Å². The Morgan fingerprint density at radius 1 is 1.21 bits per heavy atom. The average molecular weight is 473 g/mol. The summed E-state index contributed by atoms with van der Waals surface area (Å²) in [5.74, 6) is -0.777.